The van der Waals surface area contributed by atoms with E-state index in [0.717, 1.165) is 55.7 Å². The predicted octanol–water partition coefficient (Wildman–Crippen LogP) is 3.42. The molecule has 214 valence electrons. The Labute approximate surface area is 238 Å². The Hall–Kier alpha value is -3.15. The van der Waals surface area contributed by atoms with Crippen molar-refractivity contribution >= 4 is 11.8 Å². The fourth-order valence-electron chi connectivity index (χ4n) is 6.85. The fourth-order valence-corrected chi connectivity index (χ4v) is 6.85. The smallest absolute Gasteiger partial charge is 0.249 e. The number of carbonyl (C=O) groups is 2. The molecule has 3 aliphatic rings. The predicted molar refractivity (Wildman–Crippen MR) is 155 cm³/mol. The Morgan fingerprint density at radius 1 is 1.07 bits per heavy atom. The summed E-state index contributed by atoms with van der Waals surface area (Å²) in [5.74, 6) is 5.63. The number of piperazine rings is 1. The van der Waals surface area contributed by atoms with Crippen LogP contribution >= 0.6 is 0 Å². The van der Waals surface area contributed by atoms with Crippen LogP contribution < -0.4 is 5.32 Å². The van der Waals surface area contributed by atoms with Gasteiger partial charge < -0.3 is 15.3 Å². The average Bonchev–Trinajstić information content (AvgIpc) is 3.25. The van der Waals surface area contributed by atoms with Gasteiger partial charge in [-0.1, -0.05) is 42.9 Å². The number of hydrogen-bond acceptors (Lipinski definition) is 5. The van der Waals surface area contributed by atoms with Crippen molar-refractivity contribution in [1.29, 1.82) is 0 Å². The lowest BCUT2D eigenvalue weighted by Gasteiger charge is -2.52. The largest absolute Gasteiger partial charge is 0.390 e. The van der Waals surface area contributed by atoms with Gasteiger partial charge in [-0.25, -0.2) is 4.68 Å². The summed E-state index contributed by atoms with van der Waals surface area (Å²) in [5.41, 5.74) is 4.65. The molecule has 2 aromatic rings. The van der Waals surface area contributed by atoms with E-state index in [0.29, 0.717) is 25.9 Å². The van der Waals surface area contributed by atoms with Crippen LogP contribution in [0.25, 0.3) is 5.69 Å². The number of amides is 2. The van der Waals surface area contributed by atoms with Crippen molar-refractivity contribution in [2.75, 3.05) is 19.6 Å². The Morgan fingerprint density at radius 2 is 1.75 bits per heavy atom. The van der Waals surface area contributed by atoms with Crippen molar-refractivity contribution in [2.24, 2.45) is 5.92 Å². The first kappa shape index (κ1) is 28.4. The highest BCUT2D eigenvalue weighted by molar-refractivity contribution is 6.00. The van der Waals surface area contributed by atoms with E-state index in [2.05, 4.69) is 67.1 Å². The molecule has 1 aliphatic carbocycles. The summed E-state index contributed by atoms with van der Waals surface area (Å²) < 4.78 is 2.01. The minimum atomic E-state index is -0.934. The highest BCUT2D eigenvalue weighted by atomic mass is 16.3. The zero-order valence-corrected chi connectivity index (χ0v) is 24.4. The van der Waals surface area contributed by atoms with Gasteiger partial charge in [-0.2, -0.15) is 5.10 Å². The van der Waals surface area contributed by atoms with E-state index in [4.69, 9.17) is 5.10 Å². The van der Waals surface area contributed by atoms with Crippen LogP contribution in [-0.4, -0.2) is 73.8 Å². The van der Waals surface area contributed by atoms with Crippen molar-refractivity contribution < 1.29 is 14.7 Å². The number of nitrogens with one attached hydrogen (secondary N) is 1. The average molecular weight is 546 g/mol. The van der Waals surface area contributed by atoms with Crippen LogP contribution in [0.1, 0.15) is 74.4 Å². The third kappa shape index (κ3) is 5.29. The second-order valence-electron chi connectivity index (χ2n) is 11.9. The lowest BCUT2D eigenvalue weighted by molar-refractivity contribution is -0.164. The van der Waals surface area contributed by atoms with E-state index in [1.165, 1.54) is 11.1 Å². The van der Waals surface area contributed by atoms with Gasteiger partial charge in [-0.15, -0.1) is 5.92 Å². The van der Waals surface area contributed by atoms with Crippen LogP contribution in [-0.2, 0) is 16.1 Å². The molecule has 3 heterocycles. The minimum absolute atomic E-state index is 0.0466. The van der Waals surface area contributed by atoms with Gasteiger partial charge in [0.2, 0.25) is 11.8 Å². The van der Waals surface area contributed by atoms with Crippen molar-refractivity contribution in [2.45, 2.75) is 96.9 Å². The number of aromatic nitrogens is 2. The van der Waals surface area contributed by atoms with Crippen molar-refractivity contribution in [3.63, 3.8) is 0 Å². The van der Waals surface area contributed by atoms with E-state index in [1.807, 2.05) is 4.68 Å². The molecular weight excluding hydrogens is 502 g/mol. The van der Waals surface area contributed by atoms with Gasteiger partial charge in [0, 0.05) is 30.9 Å². The number of aryl methyl sites for hydroxylation is 2. The summed E-state index contributed by atoms with van der Waals surface area (Å²) in [6, 6.07) is 7.48. The van der Waals surface area contributed by atoms with Crippen LogP contribution in [0.15, 0.2) is 24.3 Å². The Bertz CT molecular complexity index is 1290. The van der Waals surface area contributed by atoms with Gasteiger partial charge in [-0.05, 0) is 71.4 Å². The molecule has 2 atom stereocenters. The summed E-state index contributed by atoms with van der Waals surface area (Å²) in [6.07, 6.45) is 5.29. The number of hydrogen-bond donors (Lipinski definition) is 2. The van der Waals surface area contributed by atoms with E-state index in [-0.39, 0.29) is 24.3 Å². The highest BCUT2D eigenvalue weighted by Crippen LogP contribution is 2.36. The van der Waals surface area contributed by atoms with Crippen molar-refractivity contribution in [1.82, 2.24) is 24.9 Å². The molecule has 2 saturated heterocycles. The number of rotatable bonds is 6. The number of piperidine rings is 1. The number of aliphatic hydroxyl groups excluding tert-OH is 1. The molecule has 2 N–H and O–H groups in total. The lowest BCUT2D eigenvalue weighted by atomic mass is 9.78. The number of benzene rings is 1. The molecule has 1 aromatic heterocycles. The molecule has 8 heteroatoms. The minimum Gasteiger partial charge on any atom is -0.390 e. The van der Waals surface area contributed by atoms with E-state index >= 15 is 0 Å². The van der Waals surface area contributed by atoms with Gasteiger partial charge in [0.25, 0.3) is 0 Å². The monoisotopic (exact) mass is 545 g/mol. The van der Waals surface area contributed by atoms with E-state index in [1.54, 1.807) is 11.8 Å². The molecule has 0 radical (unpaired) electrons. The van der Waals surface area contributed by atoms with Gasteiger partial charge >= 0.3 is 0 Å². The van der Waals surface area contributed by atoms with Crippen LogP contribution in [0, 0.1) is 38.5 Å². The van der Waals surface area contributed by atoms with Crippen LogP contribution in [0.5, 0.6) is 0 Å². The van der Waals surface area contributed by atoms with Crippen LogP contribution in [0.2, 0.25) is 0 Å². The van der Waals surface area contributed by atoms with Crippen molar-refractivity contribution in [3.8, 4) is 17.5 Å². The maximum atomic E-state index is 13.8. The summed E-state index contributed by atoms with van der Waals surface area (Å²) in [4.78, 5) is 31.6. The topological polar surface area (TPSA) is 90.7 Å². The third-order valence-electron chi connectivity index (χ3n) is 9.43. The number of carbonyl (C=O) groups excluding carboxylic acids is 2. The molecule has 0 unspecified atom stereocenters. The van der Waals surface area contributed by atoms with Crippen LogP contribution in [0.3, 0.4) is 0 Å². The lowest BCUT2D eigenvalue weighted by Crippen LogP contribution is -2.75. The quantitative estimate of drug-likeness (QED) is 0.543. The molecule has 3 fully saturated rings. The molecule has 1 aromatic carbocycles. The first-order valence-corrected chi connectivity index (χ1v) is 14.8. The SMILES string of the molecule is CC#CCN1C(=O)[C@@H]([C@H](O)C2CCCCC2)NC(=O)C12CCN(Cc1c(C)nn(-c3ccc(C)cc3)c1C)CC2. The van der Waals surface area contributed by atoms with Crippen molar-refractivity contribution in [3.05, 3.63) is 46.8 Å². The zero-order valence-electron chi connectivity index (χ0n) is 24.4. The van der Waals surface area contributed by atoms with Crippen LogP contribution in [0.4, 0.5) is 0 Å². The fraction of sp³-hybridized carbons (Fsp3) is 0.594. The molecule has 8 nitrogen and oxygen atoms in total. The molecular formula is C32H43N5O3. The van der Waals surface area contributed by atoms with Gasteiger partial charge in [0.15, 0.2) is 0 Å². The maximum absolute atomic E-state index is 13.8. The zero-order chi connectivity index (χ0) is 28.4. The van der Waals surface area contributed by atoms with E-state index in [9.17, 15) is 14.7 Å². The standard InChI is InChI=1S/C32H43N5O3/c1-5-6-18-36-30(39)28(29(38)25-10-8-7-9-11-25)33-31(40)32(36)16-19-35(20-17-32)21-27-23(3)34-37(24(27)4)26-14-12-22(2)13-15-26/h12-15,25,28-29,38H,7-11,16-21H2,1-4H3,(H,33,40)/t28-,29-/m1/s1. The summed E-state index contributed by atoms with van der Waals surface area (Å²) in [6.45, 7) is 10.3. The molecule has 2 aliphatic heterocycles. The number of nitrogens with zero attached hydrogens (tertiary/aromatic N) is 4. The number of aliphatic hydroxyl groups is 1. The molecule has 40 heavy (non-hydrogen) atoms. The first-order valence-electron chi connectivity index (χ1n) is 14.8. The Kier molecular flexibility index (Phi) is 8.34. The third-order valence-corrected chi connectivity index (χ3v) is 9.43. The summed E-state index contributed by atoms with van der Waals surface area (Å²) in [5, 5.41) is 19.0. The molecule has 1 saturated carbocycles. The molecule has 1 spiro atoms. The van der Waals surface area contributed by atoms with Gasteiger partial charge in [0.1, 0.15) is 11.6 Å². The molecule has 5 rings (SSSR count). The maximum Gasteiger partial charge on any atom is 0.249 e. The highest BCUT2D eigenvalue weighted by Gasteiger charge is 2.55. The van der Waals surface area contributed by atoms with Gasteiger partial charge in [0.05, 0.1) is 24.0 Å². The molecule has 0 bridgehead atoms. The second kappa shape index (κ2) is 11.8. The Balaban J connectivity index is 1.31. The summed E-state index contributed by atoms with van der Waals surface area (Å²) in [7, 11) is 0. The molecule has 2 amide bonds. The second-order valence-corrected chi connectivity index (χ2v) is 11.9. The Morgan fingerprint density at radius 3 is 2.40 bits per heavy atom. The summed E-state index contributed by atoms with van der Waals surface area (Å²) >= 11 is 0. The first-order chi connectivity index (χ1) is 19.2. The number of likely N-dealkylation sites (tertiary alicyclic amines) is 1. The van der Waals surface area contributed by atoms with Gasteiger partial charge in [-0.3, -0.25) is 14.5 Å². The normalized spacial score (nSPS) is 22.6. The van der Waals surface area contributed by atoms with E-state index < -0.39 is 17.7 Å².